The van der Waals surface area contributed by atoms with Crippen LogP contribution >= 0.6 is 0 Å². The minimum absolute atomic E-state index is 0.00629. The Morgan fingerprint density at radius 3 is 2.55 bits per heavy atom. The summed E-state index contributed by atoms with van der Waals surface area (Å²) in [4.78, 5) is 15.2. The Labute approximate surface area is 195 Å². The first-order valence-corrected chi connectivity index (χ1v) is 12.9. The van der Waals surface area contributed by atoms with Gasteiger partial charge in [-0.2, -0.15) is 5.10 Å². The van der Waals surface area contributed by atoms with E-state index in [1.54, 1.807) is 17.9 Å². The highest BCUT2D eigenvalue weighted by Gasteiger charge is 2.30. The number of likely N-dealkylation sites (tertiary alicyclic amines) is 1. The fourth-order valence-corrected chi connectivity index (χ4v) is 5.85. The molecule has 1 fully saturated rings. The van der Waals surface area contributed by atoms with Crippen LogP contribution in [0.1, 0.15) is 40.7 Å². The predicted molar refractivity (Wildman–Crippen MR) is 128 cm³/mol. The fraction of sp³-hybridized carbons (Fsp3) is 0.360. The SMILES string of the molecule is CN(C1CCCN(C(=O)c2ccccc2Cn2cccn2)CC1)S(=O)(=O)Cc1ccccc1. The number of sulfonamides is 1. The molecule has 1 unspecified atom stereocenters. The molecule has 0 bridgehead atoms. The lowest BCUT2D eigenvalue weighted by Gasteiger charge is -2.27. The molecule has 1 atom stereocenters. The second-order valence-corrected chi connectivity index (χ2v) is 10.5. The van der Waals surface area contributed by atoms with Crippen LogP contribution in [0.2, 0.25) is 0 Å². The van der Waals surface area contributed by atoms with Crippen molar-refractivity contribution in [2.75, 3.05) is 20.1 Å². The summed E-state index contributed by atoms with van der Waals surface area (Å²) < 4.78 is 29.3. The van der Waals surface area contributed by atoms with Crippen LogP contribution in [0.25, 0.3) is 0 Å². The molecule has 8 heteroatoms. The Kier molecular flexibility index (Phi) is 7.25. The van der Waals surface area contributed by atoms with E-state index in [1.807, 2.05) is 71.8 Å². The van der Waals surface area contributed by atoms with Gasteiger partial charge in [0, 0.05) is 44.1 Å². The molecule has 1 aromatic heterocycles. The van der Waals surface area contributed by atoms with Crippen LogP contribution in [-0.4, -0.2) is 59.5 Å². The van der Waals surface area contributed by atoms with Crippen molar-refractivity contribution in [1.29, 1.82) is 0 Å². The number of carbonyl (C=O) groups is 1. The summed E-state index contributed by atoms with van der Waals surface area (Å²) in [5.74, 6) is -0.0159. The summed E-state index contributed by atoms with van der Waals surface area (Å²) in [6.45, 7) is 1.69. The van der Waals surface area contributed by atoms with E-state index in [9.17, 15) is 13.2 Å². The minimum atomic E-state index is -3.43. The third-order valence-corrected chi connectivity index (χ3v) is 8.14. The molecule has 1 aliphatic heterocycles. The number of hydrogen-bond acceptors (Lipinski definition) is 4. The van der Waals surface area contributed by atoms with Crippen LogP contribution in [0.5, 0.6) is 0 Å². The zero-order valence-corrected chi connectivity index (χ0v) is 19.7. The second-order valence-electron chi connectivity index (χ2n) is 8.50. The maximum atomic E-state index is 13.4. The van der Waals surface area contributed by atoms with E-state index in [4.69, 9.17) is 0 Å². The molecular weight excluding hydrogens is 436 g/mol. The predicted octanol–water partition coefficient (Wildman–Crippen LogP) is 3.39. The average Bonchev–Trinajstić information content (AvgIpc) is 3.20. The molecule has 0 radical (unpaired) electrons. The van der Waals surface area contributed by atoms with Gasteiger partial charge in [0.15, 0.2) is 0 Å². The number of carbonyl (C=O) groups excluding carboxylic acids is 1. The van der Waals surface area contributed by atoms with Crippen LogP contribution in [0.15, 0.2) is 73.1 Å². The van der Waals surface area contributed by atoms with Crippen LogP contribution < -0.4 is 0 Å². The Bertz CT molecular complexity index is 1160. The van der Waals surface area contributed by atoms with Crippen molar-refractivity contribution in [1.82, 2.24) is 19.0 Å². The number of nitrogens with zero attached hydrogens (tertiary/aromatic N) is 4. The van der Waals surface area contributed by atoms with Gasteiger partial charge in [0.25, 0.3) is 5.91 Å². The third-order valence-electron chi connectivity index (χ3n) is 6.27. The summed E-state index contributed by atoms with van der Waals surface area (Å²) in [5.41, 5.74) is 2.38. The van der Waals surface area contributed by atoms with E-state index in [-0.39, 0.29) is 17.7 Å². The second kappa shape index (κ2) is 10.3. The standard InChI is InChI=1S/C25H30N4O3S/c1-27(33(31,32)20-21-9-3-2-4-10-21)23-12-7-16-28(18-14-23)25(30)24-13-6-5-11-22(24)19-29-17-8-15-26-29/h2-6,8-11,13,15,17,23H,7,12,14,16,18-20H2,1H3. The van der Waals surface area contributed by atoms with E-state index in [0.29, 0.717) is 31.6 Å². The Hall–Kier alpha value is -2.97. The summed E-state index contributed by atoms with van der Waals surface area (Å²) in [5, 5.41) is 4.25. The van der Waals surface area contributed by atoms with Crippen molar-refractivity contribution in [3.63, 3.8) is 0 Å². The molecule has 4 rings (SSSR count). The Morgan fingerprint density at radius 1 is 1.03 bits per heavy atom. The van der Waals surface area contributed by atoms with Gasteiger partial charge in [0.1, 0.15) is 0 Å². The lowest BCUT2D eigenvalue weighted by Crippen LogP contribution is -2.39. The van der Waals surface area contributed by atoms with E-state index in [0.717, 1.165) is 24.0 Å². The molecular formula is C25H30N4O3S. The highest BCUT2D eigenvalue weighted by molar-refractivity contribution is 7.88. The van der Waals surface area contributed by atoms with E-state index < -0.39 is 10.0 Å². The Balaban J connectivity index is 1.42. The first-order chi connectivity index (χ1) is 15.9. The molecule has 33 heavy (non-hydrogen) atoms. The molecule has 1 amide bonds. The molecule has 0 N–H and O–H groups in total. The quantitative estimate of drug-likeness (QED) is 0.535. The molecule has 0 spiro atoms. The third kappa shape index (κ3) is 5.69. The monoisotopic (exact) mass is 466 g/mol. The van der Waals surface area contributed by atoms with Crippen molar-refractivity contribution in [2.45, 2.75) is 37.6 Å². The lowest BCUT2D eigenvalue weighted by atomic mass is 10.1. The van der Waals surface area contributed by atoms with Gasteiger partial charge in [-0.05, 0) is 42.5 Å². The number of rotatable bonds is 7. The first kappa shape index (κ1) is 23.2. The maximum Gasteiger partial charge on any atom is 0.254 e. The summed E-state index contributed by atoms with van der Waals surface area (Å²) in [6.07, 6.45) is 5.73. The molecule has 2 heterocycles. The molecule has 3 aromatic rings. The highest BCUT2D eigenvalue weighted by atomic mass is 32.2. The molecule has 0 saturated carbocycles. The van der Waals surface area contributed by atoms with Crippen molar-refractivity contribution in [3.8, 4) is 0 Å². The van der Waals surface area contributed by atoms with Crippen molar-refractivity contribution < 1.29 is 13.2 Å². The zero-order chi connectivity index (χ0) is 23.3. The fourth-order valence-electron chi connectivity index (χ4n) is 4.36. The summed E-state index contributed by atoms with van der Waals surface area (Å²) in [7, 11) is -1.77. The van der Waals surface area contributed by atoms with Gasteiger partial charge in [-0.25, -0.2) is 12.7 Å². The first-order valence-electron chi connectivity index (χ1n) is 11.3. The van der Waals surface area contributed by atoms with Gasteiger partial charge < -0.3 is 4.90 Å². The number of hydrogen-bond donors (Lipinski definition) is 0. The lowest BCUT2D eigenvalue weighted by molar-refractivity contribution is 0.0758. The van der Waals surface area contributed by atoms with Gasteiger partial charge >= 0.3 is 0 Å². The molecule has 0 aliphatic carbocycles. The van der Waals surface area contributed by atoms with Crippen LogP contribution in [0.4, 0.5) is 0 Å². The number of benzene rings is 2. The zero-order valence-electron chi connectivity index (χ0n) is 18.9. The number of aromatic nitrogens is 2. The van der Waals surface area contributed by atoms with Gasteiger partial charge in [0.05, 0.1) is 12.3 Å². The average molecular weight is 467 g/mol. The van der Waals surface area contributed by atoms with E-state index in [1.165, 1.54) is 4.31 Å². The summed E-state index contributed by atoms with van der Waals surface area (Å²) >= 11 is 0. The summed E-state index contributed by atoms with van der Waals surface area (Å²) in [6, 6.07) is 18.6. The topological polar surface area (TPSA) is 75.5 Å². The van der Waals surface area contributed by atoms with Crippen LogP contribution in [0.3, 0.4) is 0 Å². The molecule has 1 aliphatic rings. The van der Waals surface area contributed by atoms with Gasteiger partial charge in [-0.1, -0.05) is 48.5 Å². The van der Waals surface area contributed by atoms with E-state index >= 15 is 0 Å². The smallest absolute Gasteiger partial charge is 0.254 e. The number of amides is 1. The minimum Gasteiger partial charge on any atom is -0.339 e. The van der Waals surface area contributed by atoms with Gasteiger partial charge in [-0.3, -0.25) is 9.48 Å². The highest BCUT2D eigenvalue weighted by Crippen LogP contribution is 2.22. The van der Waals surface area contributed by atoms with Gasteiger partial charge in [-0.15, -0.1) is 0 Å². The van der Waals surface area contributed by atoms with Crippen molar-refractivity contribution in [3.05, 3.63) is 89.7 Å². The van der Waals surface area contributed by atoms with E-state index in [2.05, 4.69) is 5.10 Å². The van der Waals surface area contributed by atoms with Crippen molar-refractivity contribution >= 4 is 15.9 Å². The van der Waals surface area contributed by atoms with Gasteiger partial charge in [0.2, 0.25) is 10.0 Å². The molecule has 174 valence electrons. The van der Waals surface area contributed by atoms with Crippen LogP contribution in [-0.2, 0) is 22.3 Å². The van der Waals surface area contributed by atoms with Crippen molar-refractivity contribution in [2.24, 2.45) is 0 Å². The van der Waals surface area contributed by atoms with Crippen LogP contribution in [0, 0.1) is 0 Å². The maximum absolute atomic E-state index is 13.4. The molecule has 1 saturated heterocycles. The molecule has 7 nitrogen and oxygen atoms in total. The largest absolute Gasteiger partial charge is 0.339 e. The normalized spacial score (nSPS) is 17.2. The Morgan fingerprint density at radius 2 is 1.79 bits per heavy atom. The molecule has 2 aromatic carbocycles.